The highest BCUT2D eigenvalue weighted by molar-refractivity contribution is 5.81. The molecule has 0 saturated heterocycles. The van der Waals surface area contributed by atoms with Crippen molar-refractivity contribution in [2.24, 2.45) is 0 Å². The standard InChI is InChI=1S/C28H27N5O2/c1-20-24(21(2)33(31-20)22-11-5-3-6-12-22)17-29-28(34)18-32-26-16-10-9-15-25(26)30-27(32)19-35-23-13-7-4-8-14-23/h3-16H,17-19H2,1-2H3,(H,29,34). The Hall–Kier alpha value is -4.39. The van der Waals surface area contributed by atoms with Gasteiger partial charge in [-0.2, -0.15) is 5.10 Å². The number of fused-ring (bicyclic) bond motifs is 1. The number of aryl methyl sites for hydroxylation is 1. The molecule has 0 spiro atoms. The van der Waals surface area contributed by atoms with Crippen molar-refractivity contribution in [3.05, 3.63) is 108 Å². The predicted octanol–water partition coefficient (Wildman–Crippen LogP) is 4.73. The first-order chi connectivity index (χ1) is 17.1. The van der Waals surface area contributed by atoms with Gasteiger partial charge in [0.25, 0.3) is 0 Å². The molecule has 7 nitrogen and oxygen atoms in total. The summed E-state index contributed by atoms with van der Waals surface area (Å²) < 4.78 is 9.76. The number of ether oxygens (including phenoxy) is 1. The summed E-state index contributed by atoms with van der Waals surface area (Å²) in [4.78, 5) is 17.7. The number of amides is 1. The van der Waals surface area contributed by atoms with Gasteiger partial charge in [-0.25, -0.2) is 9.67 Å². The molecule has 0 atom stereocenters. The Labute approximate surface area is 204 Å². The minimum atomic E-state index is -0.0969. The van der Waals surface area contributed by atoms with Gasteiger partial charge >= 0.3 is 0 Å². The summed E-state index contributed by atoms with van der Waals surface area (Å²) in [6.45, 7) is 4.83. The summed E-state index contributed by atoms with van der Waals surface area (Å²) in [7, 11) is 0. The Balaban J connectivity index is 1.32. The number of aromatic nitrogens is 4. The minimum absolute atomic E-state index is 0.0969. The number of nitrogens with zero attached hydrogens (tertiary/aromatic N) is 4. The van der Waals surface area contributed by atoms with Crippen molar-refractivity contribution >= 4 is 16.9 Å². The molecule has 176 valence electrons. The number of hydrogen-bond acceptors (Lipinski definition) is 4. The molecule has 2 heterocycles. The molecule has 3 aromatic carbocycles. The van der Waals surface area contributed by atoms with E-state index in [0.717, 1.165) is 39.4 Å². The fourth-order valence-electron chi connectivity index (χ4n) is 4.21. The van der Waals surface area contributed by atoms with Gasteiger partial charge < -0.3 is 14.6 Å². The van der Waals surface area contributed by atoms with Gasteiger partial charge in [0.2, 0.25) is 5.91 Å². The molecule has 1 N–H and O–H groups in total. The van der Waals surface area contributed by atoms with Gasteiger partial charge in [0, 0.05) is 17.8 Å². The average molecular weight is 466 g/mol. The molecule has 0 aliphatic rings. The number of benzene rings is 3. The second kappa shape index (κ2) is 9.85. The number of carbonyl (C=O) groups excluding carboxylic acids is 1. The van der Waals surface area contributed by atoms with Gasteiger partial charge in [0.1, 0.15) is 24.7 Å². The van der Waals surface area contributed by atoms with Gasteiger partial charge in [0.05, 0.1) is 22.4 Å². The van der Waals surface area contributed by atoms with Gasteiger partial charge in [0.15, 0.2) is 0 Å². The largest absolute Gasteiger partial charge is 0.486 e. The van der Waals surface area contributed by atoms with Crippen LogP contribution < -0.4 is 10.1 Å². The normalized spacial score (nSPS) is 11.0. The van der Waals surface area contributed by atoms with E-state index in [4.69, 9.17) is 9.72 Å². The average Bonchev–Trinajstić information content (AvgIpc) is 3.38. The topological polar surface area (TPSA) is 74.0 Å². The van der Waals surface area contributed by atoms with E-state index in [2.05, 4.69) is 10.4 Å². The lowest BCUT2D eigenvalue weighted by Gasteiger charge is -2.11. The summed E-state index contributed by atoms with van der Waals surface area (Å²) in [5.41, 5.74) is 5.67. The number of nitrogens with one attached hydrogen (secondary N) is 1. The number of carbonyl (C=O) groups is 1. The highest BCUT2D eigenvalue weighted by Gasteiger charge is 2.17. The van der Waals surface area contributed by atoms with Crippen LogP contribution in [0.2, 0.25) is 0 Å². The Kier molecular flexibility index (Phi) is 6.30. The van der Waals surface area contributed by atoms with E-state index < -0.39 is 0 Å². The zero-order valence-corrected chi connectivity index (χ0v) is 19.8. The van der Waals surface area contributed by atoms with E-state index in [0.29, 0.717) is 12.4 Å². The monoisotopic (exact) mass is 465 g/mol. The third-order valence-corrected chi connectivity index (χ3v) is 6.05. The molecule has 35 heavy (non-hydrogen) atoms. The van der Waals surface area contributed by atoms with Crippen molar-refractivity contribution < 1.29 is 9.53 Å². The fourth-order valence-corrected chi connectivity index (χ4v) is 4.21. The smallest absolute Gasteiger partial charge is 0.240 e. The van der Waals surface area contributed by atoms with E-state index in [1.54, 1.807) is 0 Å². The Morgan fingerprint density at radius 3 is 2.37 bits per heavy atom. The molecule has 5 aromatic rings. The molecule has 0 aliphatic carbocycles. The summed E-state index contributed by atoms with van der Waals surface area (Å²) >= 11 is 0. The van der Waals surface area contributed by atoms with Crippen molar-refractivity contribution in [2.45, 2.75) is 33.5 Å². The molecule has 5 rings (SSSR count). The second-order valence-electron chi connectivity index (χ2n) is 8.38. The lowest BCUT2D eigenvalue weighted by atomic mass is 10.2. The number of imidazole rings is 1. The molecule has 0 unspecified atom stereocenters. The molecular formula is C28H27N5O2. The zero-order valence-electron chi connectivity index (χ0n) is 19.8. The number of para-hydroxylation sites is 4. The SMILES string of the molecule is Cc1nn(-c2ccccc2)c(C)c1CNC(=O)Cn1c(COc2ccccc2)nc2ccccc21. The van der Waals surface area contributed by atoms with Crippen LogP contribution in [0.1, 0.15) is 22.8 Å². The van der Waals surface area contributed by atoms with Crippen molar-refractivity contribution in [1.29, 1.82) is 0 Å². The van der Waals surface area contributed by atoms with E-state index in [1.165, 1.54) is 0 Å². The van der Waals surface area contributed by atoms with E-state index >= 15 is 0 Å². The van der Waals surface area contributed by atoms with Crippen LogP contribution in [-0.4, -0.2) is 25.2 Å². The molecule has 0 fully saturated rings. The number of rotatable bonds is 8. The second-order valence-corrected chi connectivity index (χ2v) is 8.38. The molecule has 0 radical (unpaired) electrons. The zero-order chi connectivity index (χ0) is 24.2. The van der Waals surface area contributed by atoms with E-state index in [1.807, 2.05) is 108 Å². The maximum Gasteiger partial charge on any atom is 0.240 e. The quantitative estimate of drug-likeness (QED) is 0.359. The van der Waals surface area contributed by atoms with Crippen LogP contribution in [0.4, 0.5) is 0 Å². The Morgan fingerprint density at radius 2 is 1.60 bits per heavy atom. The van der Waals surface area contributed by atoms with Gasteiger partial charge in [-0.3, -0.25) is 4.79 Å². The van der Waals surface area contributed by atoms with Crippen LogP contribution in [0.25, 0.3) is 16.7 Å². The Morgan fingerprint density at radius 1 is 0.914 bits per heavy atom. The van der Waals surface area contributed by atoms with Crippen molar-refractivity contribution in [3.8, 4) is 11.4 Å². The molecule has 0 bridgehead atoms. The summed E-state index contributed by atoms with van der Waals surface area (Å²) in [6, 6.07) is 27.4. The van der Waals surface area contributed by atoms with Crippen LogP contribution in [0, 0.1) is 13.8 Å². The maximum absolute atomic E-state index is 13.0. The van der Waals surface area contributed by atoms with Crippen LogP contribution >= 0.6 is 0 Å². The summed E-state index contributed by atoms with van der Waals surface area (Å²) in [5, 5.41) is 7.74. The van der Waals surface area contributed by atoms with Gasteiger partial charge in [-0.05, 0) is 50.2 Å². The molecular weight excluding hydrogens is 438 g/mol. The highest BCUT2D eigenvalue weighted by Crippen LogP contribution is 2.20. The lowest BCUT2D eigenvalue weighted by Crippen LogP contribution is -2.28. The minimum Gasteiger partial charge on any atom is -0.486 e. The van der Waals surface area contributed by atoms with Gasteiger partial charge in [-0.1, -0.05) is 48.5 Å². The van der Waals surface area contributed by atoms with Crippen LogP contribution in [0.15, 0.2) is 84.9 Å². The first-order valence-electron chi connectivity index (χ1n) is 11.6. The molecule has 2 aromatic heterocycles. The first kappa shape index (κ1) is 22.4. The predicted molar refractivity (Wildman–Crippen MR) is 135 cm³/mol. The third kappa shape index (κ3) is 4.80. The van der Waals surface area contributed by atoms with Gasteiger partial charge in [-0.15, -0.1) is 0 Å². The van der Waals surface area contributed by atoms with Crippen LogP contribution in [0.5, 0.6) is 5.75 Å². The molecule has 7 heteroatoms. The van der Waals surface area contributed by atoms with E-state index in [-0.39, 0.29) is 19.1 Å². The van der Waals surface area contributed by atoms with Crippen LogP contribution in [0.3, 0.4) is 0 Å². The first-order valence-corrected chi connectivity index (χ1v) is 11.6. The highest BCUT2D eigenvalue weighted by atomic mass is 16.5. The van der Waals surface area contributed by atoms with E-state index in [9.17, 15) is 4.79 Å². The third-order valence-electron chi connectivity index (χ3n) is 6.05. The molecule has 0 aliphatic heterocycles. The lowest BCUT2D eigenvalue weighted by molar-refractivity contribution is -0.121. The maximum atomic E-state index is 13.0. The summed E-state index contributed by atoms with van der Waals surface area (Å²) in [5.74, 6) is 1.37. The Bertz CT molecular complexity index is 1460. The van der Waals surface area contributed by atoms with Crippen molar-refractivity contribution in [2.75, 3.05) is 0 Å². The van der Waals surface area contributed by atoms with Crippen LogP contribution in [-0.2, 0) is 24.5 Å². The molecule has 1 amide bonds. The van der Waals surface area contributed by atoms with Crippen molar-refractivity contribution in [1.82, 2.24) is 24.6 Å². The fraction of sp³-hybridized carbons (Fsp3) is 0.179. The summed E-state index contributed by atoms with van der Waals surface area (Å²) in [6.07, 6.45) is 0. The van der Waals surface area contributed by atoms with Crippen molar-refractivity contribution in [3.63, 3.8) is 0 Å². The number of hydrogen-bond donors (Lipinski definition) is 1. The molecule has 0 saturated carbocycles.